The molecule has 17 heavy (non-hydrogen) atoms. The second-order valence-electron chi connectivity index (χ2n) is 3.54. The van der Waals surface area contributed by atoms with Gasteiger partial charge in [-0.15, -0.1) is 0 Å². The van der Waals surface area contributed by atoms with Crippen LogP contribution in [0.3, 0.4) is 0 Å². The number of methoxy groups -OCH3 is 1. The first-order chi connectivity index (χ1) is 8.02. The summed E-state index contributed by atoms with van der Waals surface area (Å²) in [6.45, 7) is 2.62. The number of carbonyl (C=O) groups excluding carboxylic acids is 2. The second-order valence-corrected chi connectivity index (χ2v) is 3.54. The first-order valence-corrected chi connectivity index (χ1v) is 5.20. The maximum atomic E-state index is 10.9. The smallest absolute Gasteiger partial charge is 0.303 e. The molecule has 1 heterocycles. The molecule has 6 nitrogen and oxygen atoms in total. The third-order valence-electron chi connectivity index (χ3n) is 2.12. The average Bonchev–Trinajstić information content (AvgIpc) is 2.27. The molecule has 0 N–H and O–H groups in total. The van der Waals surface area contributed by atoms with Crippen molar-refractivity contribution in [2.45, 2.75) is 32.3 Å². The standard InChI is InChI=1S/C11H16O6/c1-7(12)15-6-10-9(16-8(2)13)4-5-11(14-3)17-10/h4-5,9-11H,6H2,1-3H3/t9-,10+,11?/m0/s1. The van der Waals surface area contributed by atoms with Crippen LogP contribution in [-0.2, 0) is 28.5 Å². The van der Waals surface area contributed by atoms with E-state index >= 15 is 0 Å². The van der Waals surface area contributed by atoms with Crippen molar-refractivity contribution in [2.75, 3.05) is 13.7 Å². The summed E-state index contributed by atoms with van der Waals surface area (Å²) in [6.07, 6.45) is 1.64. The fraction of sp³-hybridized carbons (Fsp3) is 0.636. The Bertz CT molecular complexity index is 311. The zero-order chi connectivity index (χ0) is 12.8. The molecular formula is C11H16O6. The number of ether oxygens (including phenoxy) is 4. The number of rotatable bonds is 4. The van der Waals surface area contributed by atoms with Gasteiger partial charge in [-0.3, -0.25) is 9.59 Å². The second kappa shape index (κ2) is 6.36. The van der Waals surface area contributed by atoms with Crippen molar-refractivity contribution in [2.24, 2.45) is 0 Å². The van der Waals surface area contributed by atoms with Crippen LogP contribution >= 0.6 is 0 Å². The number of hydrogen-bond acceptors (Lipinski definition) is 6. The van der Waals surface area contributed by atoms with E-state index < -0.39 is 30.4 Å². The van der Waals surface area contributed by atoms with E-state index in [1.807, 2.05) is 0 Å². The highest BCUT2D eigenvalue weighted by Gasteiger charge is 2.30. The fourth-order valence-corrected chi connectivity index (χ4v) is 1.39. The molecular weight excluding hydrogens is 228 g/mol. The lowest BCUT2D eigenvalue weighted by Crippen LogP contribution is -2.41. The highest BCUT2D eigenvalue weighted by Crippen LogP contribution is 2.17. The van der Waals surface area contributed by atoms with Gasteiger partial charge in [0.2, 0.25) is 0 Å². The van der Waals surface area contributed by atoms with E-state index in [-0.39, 0.29) is 6.61 Å². The predicted molar refractivity (Wildman–Crippen MR) is 57.0 cm³/mol. The van der Waals surface area contributed by atoms with Crippen LogP contribution in [0.5, 0.6) is 0 Å². The Kier molecular flexibility index (Phi) is 5.11. The van der Waals surface area contributed by atoms with Crippen LogP contribution in [0.15, 0.2) is 12.2 Å². The molecule has 96 valence electrons. The van der Waals surface area contributed by atoms with E-state index in [1.165, 1.54) is 21.0 Å². The van der Waals surface area contributed by atoms with Crippen molar-refractivity contribution in [3.63, 3.8) is 0 Å². The normalized spacial score (nSPS) is 27.6. The molecule has 0 radical (unpaired) electrons. The number of carbonyl (C=O) groups is 2. The summed E-state index contributed by atoms with van der Waals surface area (Å²) in [6, 6.07) is 0. The van der Waals surface area contributed by atoms with Gasteiger partial charge >= 0.3 is 11.9 Å². The lowest BCUT2D eigenvalue weighted by atomic mass is 10.1. The molecule has 1 unspecified atom stereocenters. The summed E-state index contributed by atoms with van der Waals surface area (Å²) in [4.78, 5) is 21.6. The fourth-order valence-electron chi connectivity index (χ4n) is 1.39. The Hall–Kier alpha value is -1.40. The first-order valence-electron chi connectivity index (χ1n) is 5.20. The zero-order valence-electron chi connectivity index (χ0n) is 10.0. The molecule has 6 heteroatoms. The van der Waals surface area contributed by atoms with Crippen molar-refractivity contribution < 1.29 is 28.5 Å². The summed E-state index contributed by atoms with van der Waals surface area (Å²) >= 11 is 0. The van der Waals surface area contributed by atoms with E-state index in [0.29, 0.717) is 0 Å². The first kappa shape index (κ1) is 13.7. The van der Waals surface area contributed by atoms with Gasteiger partial charge in [-0.05, 0) is 12.2 Å². The van der Waals surface area contributed by atoms with Crippen LogP contribution in [-0.4, -0.2) is 44.2 Å². The molecule has 0 spiro atoms. The maximum absolute atomic E-state index is 10.9. The molecule has 0 aromatic rings. The summed E-state index contributed by atoms with van der Waals surface area (Å²) < 4.78 is 20.3. The summed E-state index contributed by atoms with van der Waals surface area (Å²) in [5.74, 6) is -0.842. The average molecular weight is 244 g/mol. The van der Waals surface area contributed by atoms with Gasteiger partial charge < -0.3 is 18.9 Å². The van der Waals surface area contributed by atoms with Crippen LogP contribution in [0.2, 0.25) is 0 Å². The number of esters is 2. The molecule has 1 aliphatic heterocycles. The van der Waals surface area contributed by atoms with Crippen LogP contribution in [0.25, 0.3) is 0 Å². The summed E-state index contributed by atoms with van der Waals surface area (Å²) in [7, 11) is 1.49. The Morgan fingerprint density at radius 3 is 2.47 bits per heavy atom. The molecule has 0 aromatic carbocycles. The minimum absolute atomic E-state index is 0.0114. The SMILES string of the molecule is COC1C=C[C@H](OC(C)=O)[C@@H](COC(C)=O)O1. The molecule has 1 rings (SSSR count). The molecule has 0 saturated heterocycles. The quantitative estimate of drug-likeness (QED) is 0.527. The van der Waals surface area contributed by atoms with E-state index in [2.05, 4.69) is 0 Å². The lowest BCUT2D eigenvalue weighted by Gasteiger charge is -2.30. The van der Waals surface area contributed by atoms with Crippen molar-refractivity contribution in [1.29, 1.82) is 0 Å². The van der Waals surface area contributed by atoms with Gasteiger partial charge in [0.05, 0.1) is 0 Å². The van der Waals surface area contributed by atoms with Crippen LogP contribution in [0.1, 0.15) is 13.8 Å². The molecule has 0 saturated carbocycles. The van der Waals surface area contributed by atoms with E-state index in [1.54, 1.807) is 12.2 Å². The molecule has 0 amide bonds. The maximum Gasteiger partial charge on any atom is 0.303 e. The van der Waals surface area contributed by atoms with Crippen LogP contribution in [0, 0.1) is 0 Å². The highest BCUT2D eigenvalue weighted by molar-refractivity contribution is 5.66. The largest absolute Gasteiger partial charge is 0.463 e. The van der Waals surface area contributed by atoms with Crippen LogP contribution < -0.4 is 0 Å². The van der Waals surface area contributed by atoms with Crippen molar-refractivity contribution in [1.82, 2.24) is 0 Å². The van der Waals surface area contributed by atoms with Gasteiger partial charge in [-0.1, -0.05) is 0 Å². The Morgan fingerprint density at radius 1 is 1.24 bits per heavy atom. The molecule has 0 aromatic heterocycles. The Labute approximate surface area is 99.5 Å². The Morgan fingerprint density at radius 2 is 1.94 bits per heavy atom. The van der Waals surface area contributed by atoms with Gasteiger partial charge in [0.15, 0.2) is 6.29 Å². The van der Waals surface area contributed by atoms with Gasteiger partial charge in [0.1, 0.15) is 18.8 Å². The predicted octanol–water partition coefficient (Wildman–Crippen LogP) is 0.409. The third kappa shape index (κ3) is 4.54. The lowest BCUT2D eigenvalue weighted by molar-refractivity contribution is -0.190. The molecule has 0 fully saturated rings. The van der Waals surface area contributed by atoms with Crippen molar-refractivity contribution in [3.05, 3.63) is 12.2 Å². The third-order valence-corrected chi connectivity index (χ3v) is 2.12. The molecule has 1 aliphatic rings. The molecule has 0 bridgehead atoms. The van der Waals surface area contributed by atoms with Crippen molar-refractivity contribution >= 4 is 11.9 Å². The van der Waals surface area contributed by atoms with E-state index in [9.17, 15) is 9.59 Å². The molecule has 3 atom stereocenters. The summed E-state index contributed by atoms with van der Waals surface area (Å²) in [5.41, 5.74) is 0. The monoisotopic (exact) mass is 244 g/mol. The van der Waals surface area contributed by atoms with E-state index in [0.717, 1.165) is 0 Å². The highest BCUT2D eigenvalue weighted by atomic mass is 16.7. The summed E-state index contributed by atoms with van der Waals surface area (Å²) in [5, 5.41) is 0. The zero-order valence-corrected chi connectivity index (χ0v) is 10.0. The van der Waals surface area contributed by atoms with Gasteiger partial charge in [-0.25, -0.2) is 0 Å². The topological polar surface area (TPSA) is 71.1 Å². The minimum Gasteiger partial charge on any atom is -0.463 e. The van der Waals surface area contributed by atoms with Gasteiger partial charge in [0, 0.05) is 21.0 Å². The molecule has 0 aliphatic carbocycles. The van der Waals surface area contributed by atoms with Gasteiger partial charge in [0.25, 0.3) is 0 Å². The van der Waals surface area contributed by atoms with E-state index in [4.69, 9.17) is 18.9 Å². The minimum atomic E-state index is -0.571. The van der Waals surface area contributed by atoms with Crippen LogP contribution in [0.4, 0.5) is 0 Å². The Balaban J connectivity index is 2.62. The van der Waals surface area contributed by atoms with Gasteiger partial charge in [-0.2, -0.15) is 0 Å². The number of hydrogen-bond donors (Lipinski definition) is 0. The van der Waals surface area contributed by atoms with Crippen molar-refractivity contribution in [3.8, 4) is 0 Å².